The Kier molecular flexibility index (Phi) is 6.14. The summed E-state index contributed by atoms with van der Waals surface area (Å²) in [4.78, 5) is 27.5. The molecule has 7 nitrogen and oxygen atoms in total. The monoisotopic (exact) mass is 436 g/mol. The molecule has 0 aromatic heterocycles. The van der Waals surface area contributed by atoms with Crippen LogP contribution in [0.5, 0.6) is 5.75 Å². The molecule has 1 saturated heterocycles. The second-order valence-corrected chi connectivity index (χ2v) is 9.24. The third kappa shape index (κ3) is 4.71. The molecule has 1 unspecified atom stereocenters. The Morgan fingerprint density at radius 2 is 1.86 bits per heavy atom. The zero-order valence-corrected chi connectivity index (χ0v) is 17.6. The van der Waals surface area contributed by atoms with Crippen molar-refractivity contribution in [1.29, 1.82) is 0 Å². The topological polar surface area (TPSA) is 92.8 Å². The fraction of sp³-hybridized carbons (Fsp3) is 0.300. The van der Waals surface area contributed by atoms with Crippen LogP contribution >= 0.6 is 11.6 Å². The van der Waals surface area contributed by atoms with Gasteiger partial charge in [-0.1, -0.05) is 11.6 Å². The molecular weight excluding hydrogens is 416 g/mol. The predicted molar refractivity (Wildman–Crippen MR) is 110 cm³/mol. The number of carbonyl (C=O) groups is 2. The molecule has 1 aliphatic heterocycles. The number of halogens is 1. The van der Waals surface area contributed by atoms with E-state index in [2.05, 4.69) is 5.32 Å². The second kappa shape index (κ2) is 8.42. The number of rotatable bonds is 5. The number of nitrogens with zero attached hydrogens (tertiary/aromatic N) is 1. The van der Waals surface area contributed by atoms with Crippen LogP contribution < -0.4 is 10.1 Å². The molecule has 2 aromatic rings. The lowest BCUT2D eigenvalue weighted by atomic mass is 10.1. The van der Waals surface area contributed by atoms with Gasteiger partial charge in [-0.25, -0.2) is 8.42 Å². The van der Waals surface area contributed by atoms with Crippen LogP contribution in [0.15, 0.2) is 47.4 Å². The van der Waals surface area contributed by atoms with Crippen molar-refractivity contribution in [2.75, 3.05) is 25.2 Å². The van der Waals surface area contributed by atoms with E-state index in [-0.39, 0.29) is 16.7 Å². The number of hydrogen-bond donors (Lipinski definition) is 1. The molecule has 29 heavy (non-hydrogen) atoms. The summed E-state index contributed by atoms with van der Waals surface area (Å²) in [5.41, 5.74) is 0.763. The molecule has 3 rings (SSSR count). The van der Waals surface area contributed by atoms with Crippen LogP contribution in [0.25, 0.3) is 0 Å². The Morgan fingerprint density at radius 3 is 2.48 bits per heavy atom. The summed E-state index contributed by atoms with van der Waals surface area (Å²) in [5.74, 6) is -0.264. The van der Waals surface area contributed by atoms with Crippen molar-refractivity contribution in [2.24, 2.45) is 0 Å². The Labute approximate surface area is 174 Å². The largest absolute Gasteiger partial charge is 0.496 e. The highest BCUT2D eigenvalue weighted by Gasteiger charge is 2.35. The minimum absolute atomic E-state index is 0.168. The van der Waals surface area contributed by atoms with Crippen molar-refractivity contribution in [1.82, 2.24) is 4.90 Å². The minimum atomic E-state index is -3.31. The molecule has 0 aliphatic carbocycles. The van der Waals surface area contributed by atoms with Gasteiger partial charge >= 0.3 is 0 Å². The lowest BCUT2D eigenvalue weighted by molar-refractivity contribution is -0.119. The van der Waals surface area contributed by atoms with Crippen molar-refractivity contribution in [3.63, 3.8) is 0 Å². The summed E-state index contributed by atoms with van der Waals surface area (Å²) in [7, 11) is -1.85. The van der Waals surface area contributed by atoms with Crippen LogP contribution in [0.2, 0.25) is 5.02 Å². The molecule has 1 fully saturated rings. The number of ether oxygens (including phenoxy) is 1. The molecule has 154 valence electrons. The molecule has 2 aromatic carbocycles. The van der Waals surface area contributed by atoms with E-state index in [9.17, 15) is 18.0 Å². The van der Waals surface area contributed by atoms with Gasteiger partial charge in [-0.15, -0.1) is 0 Å². The van der Waals surface area contributed by atoms with E-state index in [1.807, 2.05) is 0 Å². The van der Waals surface area contributed by atoms with Gasteiger partial charge in [0.2, 0.25) is 5.91 Å². The number of amides is 2. The fourth-order valence-corrected chi connectivity index (χ4v) is 4.10. The van der Waals surface area contributed by atoms with Crippen LogP contribution in [-0.4, -0.2) is 51.1 Å². The fourth-order valence-electron chi connectivity index (χ4n) is 3.30. The van der Waals surface area contributed by atoms with Gasteiger partial charge in [-0.05, 0) is 55.3 Å². The Morgan fingerprint density at radius 1 is 1.17 bits per heavy atom. The first kappa shape index (κ1) is 21.1. The lowest BCUT2D eigenvalue weighted by Crippen LogP contribution is -2.43. The van der Waals surface area contributed by atoms with Crippen LogP contribution in [0, 0.1) is 0 Å². The van der Waals surface area contributed by atoms with Gasteiger partial charge in [0.1, 0.15) is 11.8 Å². The van der Waals surface area contributed by atoms with Gasteiger partial charge in [0.15, 0.2) is 9.84 Å². The maximum absolute atomic E-state index is 13.0. The minimum Gasteiger partial charge on any atom is -0.496 e. The van der Waals surface area contributed by atoms with E-state index in [4.69, 9.17) is 16.3 Å². The van der Waals surface area contributed by atoms with E-state index in [0.717, 1.165) is 6.26 Å². The van der Waals surface area contributed by atoms with E-state index in [1.165, 1.54) is 42.3 Å². The van der Waals surface area contributed by atoms with Gasteiger partial charge < -0.3 is 15.0 Å². The smallest absolute Gasteiger partial charge is 0.258 e. The summed E-state index contributed by atoms with van der Waals surface area (Å²) >= 11 is 6.03. The number of nitrogens with one attached hydrogen (secondary N) is 1. The molecule has 1 atom stereocenters. The maximum Gasteiger partial charge on any atom is 0.258 e. The third-order valence-corrected chi connectivity index (χ3v) is 6.12. The van der Waals surface area contributed by atoms with E-state index < -0.39 is 15.9 Å². The van der Waals surface area contributed by atoms with Crippen LogP contribution in [0.3, 0.4) is 0 Å². The number of carbonyl (C=O) groups excluding carboxylic acids is 2. The van der Waals surface area contributed by atoms with Crippen LogP contribution in [0.4, 0.5) is 5.69 Å². The molecule has 0 saturated carbocycles. The first-order valence-electron chi connectivity index (χ1n) is 8.96. The quantitative estimate of drug-likeness (QED) is 0.777. The third-order valence-electron chi connectivity index (χ3n) is 4.76. The number of methoxy groups -OCH3 is 1. The molecule has 2 amide bonds. The van der Waals surface area contributed by atoms with Crippen molar-refractivity contribution in [3.05, 3.63) is 53.1 Å². The van der Waals surface area contributed by atoms with Crippen molar-refractivity contribution >= 4 is 38.9 Å². The van der Waals surface area contributed by atoms with Crippen molar-refractivity contribution in [3.8, 4) is 5.75 Å². The van der Waals surface area contributed by atoms with Gasteiger partial charge in [0.25, 0.3) is 5.91 Å². The summed E-state index contributed by atoms with van der Waals surface area (Å²) in [6, 6.07) is 10.0. The molecule has 9 heteroatoms. The molecule has 0 spiro atoms. The number of likely N-dealkylation sites (tertiary alicyclic amines) is 1. The Hall–Kier alpha value is -2.58. The van der Waals surface area contributed by atoms with Gasteiger partial charge in [0.05, 0.1) is 17.6 Å². The average molecular weight is 437 g/mol. The van der Waals surface area contributed by atoms with Gasteiger partial charge in [0, 0.05) is 23.5 Å². The van der Waals surface area contributed by atoms with E-state index >= 15 is 0 Å². The normalized spacial score (nSPS) is 16.5. The van der Waals surface area contributed by atoms with Crippen LogP contribution in [-0.2, 0) is 14.6 Å². The summed E-state index contributed by atoms with van der Waals surface area (Å²) in [5, 5.41) is 3.16. The molecule has 1 N–H and O–H groups in total. The Balaban J connectivity index is 1.77. The van der Waals surface area contributed by atoms with E-state index in [0.29, 0.717) is 41.4 Å². The first-order chi connectivity index (χ1) is 13.7. The molecule has 0 radical (unpaired) electrons. The standard InChI is InChI=1S/C20H21ClN2O5S/c1-28-18-10-5-13(21)12-16(18)20(25)23-11-3-4-17(23)19(24)22-14-6-8-15(9-7-14)29(2,26)27/h5-10,12,17H,3-4,11H2,1-2H3,(H,22,24). The number of hydrogen-bond acceptors (Lipinski definition) is 5. The predicted octanol–water partition coefficient (Wildman–Crippen LogP) is 3.00. The highest BCUT2D eigenvalue weighted by atomic mass is 35.5. The summed E-state index contributed by atoms with van der Waals surface area (Å²) in [6.07, 6.45) is 2.34. The maximum atomic E-state index is 13.0. The van der Waals surface area contributed by atoms with Gasteiger partial charge in [-0.2, -0.15) is 0 Å². The SMILES string of the molecule is COc1ccc(Cl)cc1C(=O)N1CCCC1C(=O)Nc1ccc(S(C)(=O)=O)cc1. The van der Waals surface area contributed by atoms with Crippen molar-refractivity contribution < 1.29 is 22.7 Å². The van der Waals surface area contributed by atoms with Crippen molar-refractivity contribution in [2.45, 2.75) is 23.8 Å². The summed E-state index contributed by atoms with van der Waals surface area (Å²) < 4.78 is 28.4. The molecule has 1 heterocycles. The second-order valence-electron chi connectivity index (χ2n) is 6.79. The van der Waals surface area contributed by atoms with E-state index in [1.54, 1.807) is 12.1 Å². The van der Waals surface area contributed by atoms with Crippen LogP contribution in [0.1, 0.15) is 23.2 Å². The number of benzene rings is 2. The zero-order chi connectivity index (χ0) is 21.2. The molecular formula is C20H21ClN2O5S. The molecule has 0 bridgehead atoms. The number of anilines is 1. The number of sulfone groups is 1. The lowest BCUT2D eigenvalue weighted by Gasteiger charge is -2.25. The van der Waals surface area contributed by atoms with Gasteiger partial charge in [-0.3, -0.25) is 9.59 Å². The first-order valence-corrected chi connectivity index (χ1v) is 11.2. The zero-order valence-electron chi connectivity index (χ0n) is 16.0. The highest BCUT2D eigenvalue weighted by molar-refractivity contribution is 7.90. The average Bonchev–Trinajstić information content (AvgIpc) is 3.17. The summed E-state index contributed by atoms with van der Waals surface area (Å²) in [6.45, 7) is 0.444. The highest BCUT2D eigenvalue weighted by Crippen LogP contribution is 2.28. The Bertz CT molecular complexity index is 1040. The molecule has 1 aliphatic rings.